The Bertz CT molecular complexity index is 439. The summed E-state index contributed by atoms with van der Waals surface area (Å²) in [5, 5.41) is 6.31. The van der Waals surface area contributed by atoms with Gasteiger partial charge in [0.1, 0.15) is 0 Å². The Morgan fingerprint density at radius 3 is 2.43 bits per heavy atom. The largest absolute Gasteiger partial charge is 0.325 e. The molecule has 4 heteroatoms. The maximum Gasteiger partial charge on any atom is 0.238 e. The van der Waals surface area contributed by atoms with Gasteiger partial charge in [-0.2, -0.15) is 0 Å². The van der Waals surface area contributed by atoms with Crippen molar-refractivity contribution in [3.63, 3.8) is 0 Å². The van der Waals surface area contributed by atoms with Crippen LogP contribution in [-0.4, -0.2) is 18.5 Å². The fourth-order valence-corrected chi connectivity index (χ4v) is 3.23. The van der Waals surface area contributed by atoms with E-state index >= 15 is 0 Å². The van der Waals surface area contributed by atoms with E-state index in [4.69, 9.17) is 0 Å². The molecule has 2 N–H and O–H groups in total. The van der Waals surface area contributed by atoms with Gasteiger partial charge in [-0.1, -0.05) is 41.6 Å². The van der Waals surface area contributed by atoms with Gasteiger partial charge < -0.3 is 10.6 Å². The third kappa shape index (κ3) is 5.79. The molecule has 1 aromatic carbocycles. The lowest BCUT2D eigenvalue weighted by Crippen LogP contribution is -2.38. The van der Waals surface area contributed by atoms with Crippen LogP contribution in [0.4, 0.5) is 5.69 Å². The second kappa shape index (κ2) is 8.54. The van der Waals surface area contributed by atoms with Gasteiger partial charge in [-0.05, 0) is 49.9 Å². The van der Waals surface area contributed by atoms with E-state index in [1.165, 1.54) is 38.5 Å². The molecule has 21 heavy (non-hydrogen) atoms. The second-order valence-corrected chi connectivity index (χ2v) is 6.89. The Kier molecular flexibility index (Phi) is 6.71. The number of rotatable bonds is 5. The highest BCUT2D eigenvalue weighted by Gasteiger charge is 2.19. The summed E-state index contributed by atoms with van der Waals surface area (Å²) in [5.74, 6) is 0.741. The van der Waals surface area contributed by atoms with Gasteiger partial charge in [0, 0.05) is 16.2 Å². The Labute approximate surface area is 136 Å². The van der Waals surface area contributed by atoms with Crippen LogP contribution in [0.25, 0.3) is 0 Å². The van der Waals surface area contributed by atoms with Crippen LogP contribution in [0.3, 0.4) is 0 Å². The van der Waals surface area contributed by atoms with E-state index in [-0.39, 0.29) is 5.91 Å². The summed E-state index contributed by atoms with van der Waals surface area (Å²) in [7, 11) is 0. The molecule has 0 saturated heterocycles. The van der Waals surface area contributed by atoms with E-state index in [1.807, 2.05) is 24.3 Å². The summed E-state index contributed by atoms with van der Waals surface area (Å²) < 4.78 is 1.01. The number of anilines is 1. The molecule has 0 heterocycles. The SMILES string of the molecule is C[C@@H](NCC(=O)Nc1ccc(Br)cc1)C1CCCCCC1. The van der Waals surface area contributed by atoms with E-state index < -0.39 is 0 Å². The maximum absolute atomic E-state index is 12.0. The molecule has 3 nitrogen and oxygen atoms in total. The van der Waals surface area contributed by atoms with Crippen LogP contribution < -0.4 is 10.6 Å². The molecule has 116 valence electrons. The highest BCUT2D eigenvalue weighted by Crippen LogP contribution is 2.25. The van der Waals surface area contributed by atoms with Crippen molar-refractivity contribution < 1.29 is 4.79 Å². The first-order chi connectivity index (χ1) is 10.1. The molecular formula is C17H25BrN2O. The quantitative estimate of drug-likeness (QED) is 0.774. The average Bonchev–Trinajstić information content (AvgIpc) is 2.76. The summed E-state index contributed by atoms with van der Waals surface area (Å²) in [6.07, 6.45) is 8.00. The molecule has 0 aliphatic heterocycles. The lowest BCUT2D eigenvalue weighted by Gasteiger charge is -2.23. The number of nitrogens with one attached hydrogen (secondary N) is 2. The Morgan fingerprint density at radius 1 is 1.19 bits per heavy atom. The molecule has 1 aromatic rings. The van der Waals surface area contributed by atoms with Gasteiger partial charge in [0.25, 0.3) is 0 Å². The zero-order chi connectivity index (χ0) is 15.1. The number of hydrogen-bond acceptors (Lipinski definition) is 2. The van der Waals surface area contributed by atoms with E-state index in [1.54, 1.807) is 0 Å². The fourth-order valence-electron chi connectivity index (χ4n) is 2.97. The monoisotopic (exact) mass is 352 g/mol. The molecule has 1 fully saturated rings. The van der Waals surface area contributed by atoms with Gasteiger partial charge in [0.05, 0.1) is 6.54 Å². The number of halogens is 1. The van der Waals surface area contributed by atoms with Crippen molar-refractivity contribution in [2.75, 3.05) is 11.9 Å². The van der Waals surface area contributed by atoms with Gasteiger partial charge >= 0.3 is 0 Å². The van der Waals surface area contributed by atoms with Crippen LogP contribution in [-0.2, 0) is 4.79 Å². The molecule has 1 saturated carbocycles. The van der Waals surface area contributed by atoms with Gasteiger partial charge in [0.2, 0.25) is 5.91 Å². The molecule has 2 rings (SSSR count). The summed E-state index contributed by atoms with van der Waals surface area (Å²) in [6, 6.07) is 8.07. The molecule has 1 atom stereocenters. The molecule has 0 spiro atoms. The molecule has 0 unspecified atom stereocenters. The molecule has 0 aromatic heterocycles. The minimum Gasteiger partial charge on any atom is -0.325 e. The lowest BCUT2D eigenvalue weighted by molar-refractivity contribution is -0.115. The van der Waals surface area contributed by atoms with Crippen molar-refractivity contribution in [2.24, 2.45) is 5.92 Å². The molecule has 0 radical (unpaired) electrons. The summed E-state index contributed by atoms with van der Waals surface area (Å²) in [5.41, 5.74) is 0.840. The molecule has 0 bridgehead atoms. The average molecular weight is 353 g/mol. The molecule has 1 amide bonds. The maximum atomic E-state index is 12.0. The van der Waals surface area contributed by atoms with Crippen LogP contribution in [0.5, 0.6) is 0 Å². The molecule has 1 aliphatic carbocycles. The molecule has 1 aliphatic rings. The standard InChI is InChI=1S/C17H25BrN2O/c1-13(14-6-4-2-3-5-7-14)19-12-17(21)20-16-10-8-15(18)9-11-16/h8-11,13-14,19H,2-7,12H2,1H3,(H,20,21)/t13-/m1/s1. The topological polar surface area (TPSA) is 41.1 Å². The van der Waals surface area contributed by atoms with E-state index in [2.05, 4.69) is 33.5 Å². The Hall–Kier alpha value is -0.870. The van der Waals surface area contributed by atoms with Gasteiger partial charge in [-0.15, -0.1) is 0 Å². The first-order valence-electron chi connectivity index (χ1n) is 7.94. The van der Waals surface area contributed by atoms with Crippen LogP contribution in [0.2, 0.25) is 0 Å². The minimum absolute atomic E-state index is 0.0257. The van der Waals surface area contributed by atoms with Crippen molar-refractivity contribution in [1.29, 1.82) is 0 Å². The van der Waals surface area contributed by atoms with Crippen LogP contribution >= 0.6 is 15.9 Å². The van der Waals surface area contributed by atoms with Crippen molar-refractivity contribution in [3.8, 4) is 0 Å². The van der Waals surface area contributed by atoms with Gasteiger partial charge in [-0.3, -0.25) is 4.79 Å². The van der Waals surface area contributed by atoms with Crippen LogP contribution in [0.1, 0.15) is 45.4 Å². The van der Waals surface area contributed by atoms with Gasteiger partial charge in [0.15, 0.2) is 0 Å². The van der Waals surface area contributed by atoms with Crippen molar-refractivity contribution in [1.82, 2.24) is 5.32 Å². The van der Waals surface area contributed by atoms with Crippen molar-refractivity contribution in [3.05, 3.63) is 28.7 Å². The van der Waals surface area contributed by atoms with Crippen LogP contribution in [0, 0.1) is 5.92 Å². The van der Waals surface area contributed by atoms with E-state index in [0.29, 0.717) is 18.5 Å². The summed E-state index contributed by atoms with van der Waals surface area (Å²) in [6.45, 7) is 2.59. The summed E-state index contributed by atoms with van der Waals surface area (Å²) >= 11 is 3.39. The first kappa shape index (κ1) is 16.5. The lowest BCUT2D eigenvalue weighted by atomic mass is 9.93. The number of benzene rings is 1. The Balaban J connectivity index is 1.73. The van der Waals surface area contributed by atoms with Crippen molar-refractivity contribution >= 4 is 27.5 Å². The first-order valence-corrected chi connectivity index (χ1v) is 8.73. The highest BCUT2D eigenvalue weighted by molar-refractivity contribution is 9.10. The zero-order valence-electron chi connectivity index (χ0n) is 12.7. The number of carbonyl (C=O) groups is 1. The van der Waals surface area contributed by atoms with Crippen LogP contribution in [0.15, 0.2) is 28.7 Å². The predicted octanol–water partition coefficient (Wildman–Crippen LogP) is 4.34. The summed E-state index contributed by atoms with van der Waals surface area (Å²) in [4.78, 5) is 12.0. The smallest absolute Gasteiger partial charge is 0.238 e. The third-order valence-electron chi connectivity index (χ3n) is 4.32. The number of hydrogen-bond donors (Lipinski definition) is 2. The highest BCUT2D eigenvalue weighted by atomic mass is 79.9. The van der Waals surface area contributed by atoms with E-state index in [9.17, 15) is 4.79 Å². The predicted molar refractivity (Wildman–Crippen MR) is 91.4 cm³/mol. The van der Waals surface area contributed by atoms with Crippen molar-refractivity contribution in [2.45, 2.75) is 51.5 Å². The minimum atomic E-state index is 0.0257. The fraction of sp³-hybridized carbons (Fsp3) is 0.588. The zero-order valence-corrected chi connectivity index (χ0v) is 14.3. The number of amides is 1. The molecular weight excluding hydrogens is 328 g/mol. The third-order valence-corrected chi connectivity index (χ3v) is 4.85. The van der Waals surface area contributed by atoms with Gasteiger partial charge in [-0.25, -0.2) is 0 Å². The van der Waals surface area contributed by atoms with E-state index in [0.717, 1.165) is 10.2 Å². The normalized spacial score (nSPS) is 18.0. The second-order valence-electron chi connectivity index (χ2n) is 5.98. The number of carbonyl (C=O) groups excluding carboxylic acids is 1. The Morgan fingerprint density at radius 2 is 1.81 bits per heavy atom.